The van der Waals surface area contributed by atoms with Crippen molar-refractivity contribution in [1.82, 2.24) is 10.2 Å². The maximum atomic E-state index is 12.5. The van der Waals surface area contributed by atoms with E-state index >= 15 is 0 Å². The zero-order valence-electron chi connectivity index (χ0n) is 15.9. The average Bonchev–Trinajstić information content (AvgIpc) is 2.62. The van der Waals surface area contributed by atoms with Crippen molar-refractivity contribution in [3.8, 4) is 11.5 Å². The maximum absolute atomic E-state index is 12.5. The van der Waals surface area contributed by atoms with Crippen molar-refractivity contribution >= 4 is 18.4 Å². The van der Waals surface area contributed by atoms with Crippen LogP contribution in [0.5, 0.6) is 11.5 Å². The summed E-state index contributed by atoms with van der Waals surface area (Å²) in [6.45, 7) is 4.53. The second-order valence-electron chi connectivity index (χ2n) is 6.06. The van der Waals surface area contributed by atoms with Gasteiger partial charge in [0.25, 0.3) is 0 Å². The molecule has 0 saturated heterocycles. The van der Waals surface area contributed by atoms with Crippen LogP contribution < -0.4 is 14.8 Å². The lowest BCUT2D eigenvalue weighted by molar-refractivity contribution is 0.203. The van der Waals surface area contributed by atoms with Crippen LogP contribution in [0.1, 0.15) is 29.7 Å². The van der Waals surface area contributed by atoms with Gasteiger partial charge in [-0.25, -0.2) is 4.79 Å². The third-order valence-corrected chi connectivity index (χ3v) is 4.26. The van der Waals surface area contributed by atoms with Gasteiger partial charge in [0.15, 0.2) is 0 Å². The van der Waals surface area contributed by atoms with E-state index in [4.69, 9.17) is 9.47 Å². The molecule has 0 heterocycles. The van der Waals surface area contributed by atoms with E-state index in [-0.39, 0.29) is 24.5 Å². The number of nitrogens with zero attached hydrogens (tertiary/aromatic N) is 1. The fraction of sp³-hybridized carbons (Fsp3) is 0.350. The minimum Gasteiger partial charge on any atom is -0.497 e. The third kappa shape index (κ3) is 5.30. The van der Waals surface area contributed by atoms with Gasteiger partial charge in [-0.1, -0.05) is 24.3 Å². The monoisotopic (exact) mass is 378 g/mol. The van der Waals surface area contributed by atoms with Crippen LogP contribution in [0.25, 0.3) is 0 Å². The first-order chi connectivity index (χ1) is 12.0. The molecule has 0 bridgehead atoms. The Labute approximate surface area is 161 Å². The number of hydrogen-bond donors (Lipinski definition) is 1. The predicted molar refractivity (Wildman–Crippen MR) is 106 cm³/mol. The van der Waals surface area contributed by atoms with Crippen molar-refractivity contribution in [2.45, 2.75) is 26.4 Å². The summed E-state index contributed by atoms with van der Waals surface area (Å²) in [6, 6.07) is 13.3. The molecule has 2 aromatic carbocycles. The molecular weight excluding hydrogens is 352 g/mol. The first-order valence-corrected chi connectivity index (χ1v) is 8.24. The Kier molecular flexibility index (Phi) is 8.26. The van der Waals surface area contributed by atoms with Crippen molar-refractivity contribution in [1.29, 1.82) is 0 Å². The van der Waals surface area contributed by atoms with Crippen LogP contribution in [-0.4, -0.2) is 32.2 Å². The smallest absolute Gasteiger partial charge is 0.317 e. The van der Waals surface area contributed by atoms with E-state index in [9.17, 15) is 4.79 Å². The molecule has 26 heavy (non-hydrogen) atoms. The molecule has 5 nitrogen and oxygen atoms in total. The van der Waals surface area contributed by atoms with E-state index in [1.807, 2.05) is 56.3 Å². The first kappa shape index (κ1) is 21.6. The first-order valence-electron chi connectivity index (χ1n) is 8.24. The van der Waals surface area contributed by atoms with Crippen LogP contribution >= 0.6 is 12.4 Å². The number of benzene rings is 2. The highest BCUT2D eigenvalue weighted by Crippen LogP contribution is 2.29. The van der Waals surface area contributed by atoms with Gasteiger partial charge in [-0.3, -0.25) is 0 Å². The van der Waals surface area contributed by atoms with Gasteiger partial charge >= 0.3 is 6.03 Å². The summed E-state index contributed by atoms with van der Waals surface area (Å²) >= 11 is 0. The topological polar surface area (TPSA) is 50.8 Å². The molecule has 2 rings (SSSR count). The molecule has 0 aliphatic heterocycles. The molecule has 0 fully saturated rings. The third-order valence-electron chi connectivity index (χ3n) is 4.26. The highest BCUT2D eigenvalue weighted by Gasteiger charge is 2.18. The van der Waals surface area contributed by atoms with Crippen molar-refractivity contribution in [2.75, 3.05) is 21.3 Å². The van der Waals surface area contributed by atoms with Gasteiger partial charge in [-0.2, -0.15) is 0 Å². The Bertz CT molecular complexity index is 737. The lowest BCUT2D eigenvalue weighted by Gasteiger charge is -2.23. The minimum absolute atomic E-state index is 0. The molecule has 1 unspecified atom stereocenters. The molecule has 142 valence electrons. The van der Waals surface area contributed by atoms with Crippen LogP contribution in [0.4, 0.5) is 4.79 Å². The van der Waals surface area contributed by atoms with Crippen LogP contribution in [0, 0.1) is 6.92 Å². The standard InChI is InChI=1S/C20H26N2O3.ClH/c1-14-8-6-7-9-16(14)13-22(3)20(23)21-15(2)18-12-17(24-4)10-11-19(18)25-5;/h6-12,15H,13H2,1-5H3,(H,21,23);1H. The molecule has 2 amide bonds. The van der Waals surface area contributed by atoms with Crippen molar-refractivity contribution < 1.29 is 14.3 Å². The zero-order chi connectivity index (χ0) is 18.4. The molecular formula is C20H27ClN2O3. The summed E-state index contributed by atoms with van der Waals surface area (Å²) in [4.78, 5) is 14.2. The molecule has 6 heteroatoms. The van der Waals surface area contributed by atoms with E-state index < -0.39 is 0 Å². The number of nitrogens with one attached hydrogen (secondary N) is 1. The molecule has 0 radical (unpaired) electrons. The lowest BCUT2D eigenvalue weighted by Crippen LogP contribution is -2.38. The molecule has 0 aliphatic rings. The minimum atomic E-state index is -0.211. The highest BCUT2D eigenvalue weighted by atomic mass is 35.5. The molecule has 1 atom stereocenters. The van der Waals surface area contributed by atoms with Crippen molar-refractivity contribution in [2.24, 2.45) is 0 Å². The zero-order valence-corrected chi connectivity index (χ0v) is 16.7. The van der Waals surface area contributed by atoms with Crippen molar-refractivity contribution in [3.63, 3.8) is 0 Å². The second kappa shape index (κ2) is 9.92. The summed E-state index contributed by atoms with van der Waals surface area (Å²) in [5.41, 5.74) is 3.18. The summed E-state index contributed by atoms with van der Waals surface area (Å²) in [5.74, 6) is 1.44. The van der Waals surface area contributed by atoms with E-state index in [2.05, 4.69) is 5.32 Å². The molecule has 0 aromatic heterocycles. The fourth-order valence-electron chi connectivity index (χ4n) is 2.67. The Morgan fingerprint density at radius 1 is 1.15 bits per heavy atom. The number of carbonyl (C=O) groups excluding carboxylic acids is 1. The summed E-state index contributed by atoms with van der Waals surface area (Å²) in [5, 5.41) is 3.01. The Hall–Kier alpha value is -2.40. The fourth-order valence-corrected chi connectivity index (χ4v) is 2.67. The van der Waals surface area contributed by atoms with Gasteiger partial charge < -0.3 is 19.7 Å². The average molecular weight is 379 g/mol. The molecule has 2 aromatic rings. The Morgan fingerprint density at radius 3 is 2.46 bits per heavy atom. The summed E-state index contributed by atoms with van der Waals surface area (Å²) in [6.07, 6.45) is 0. The maximum Gasteiger partial charge on any atom is 0.317 e. The van der Waals surface area contributed by atoms with E-state index in [0.29, 0.717) is 6.54 Å². The number of hydrogen-bond acceptors (Lipinski definition) is 3. The quantitative estimate of drug-likeness (QED) is 0.813. The lowest BCUT2D eigenvalue weighted by atomic mass is 10.1. The largest absolute Gasteiger partial charge is 0.497 e. The van der Waals surface area contributed by atoms with Gasteiger partial charge in [-0.05, 0) is 43.2 Å². The number of methoxy groups -OCH3 is 2. The number of rotatable bonds is 6. The van der Waals surface area contributed by atoms with E-state index in [1.54, 1.807) is 26.2 Å². The van der Waals surface area contributed by atoms with Crippen LogP contribution in [0.3, 0.4) is 0 Å². The SMILES string of the molecule is COc1ccc(OC)c(C(C)NC(=O)N(C)Cc2ccccc2C)c1.Cl. The van der Waals surface area contributed by atoms with E-state index in [1.165, 1.54) is 5.56 Å². The number of carbonyl (C=O) groups is 1. The number of ether oxygens (including phenoxy) is 2. The molecule has 0 spiro atoms. The predicted octanol–water partition coefficient (Wildman–Crippen LogP) is 4.34. The Morgan fingerprint density at radius 2 is 1.85 bits per heavy atom. The second-order valence-corrected chi connectivity index (χ2v) is 6.06. The normalized spacial score (nSPS) is 11.1. The number of amides is 2. The van der Waals surface area contributed by atoms with Crippen LogP contribution in [0.15, 0.2) is 42.5 Å². The van der Waals surface area contributed by atoms with E-state index in [0.717, 1.165) is 22.6 Å². The highest BCUT2D eigenvalue weighted by molar-refractivity contribution is 5.85. The van der Waals surface area contributed by atoms with Gasteiger partial charge in [-0.15, -0.1) is 12.4 Å². The molecule has 0 aliphatic carbocycles. The summed E-state index contributed by atoms with van der Waals surface area (Å²) in [7, 11) is 5.02. The number of halogens is 1. The summed E-state index contributed by atoms with van der Waals surface area (Å²) < 4.78 is 10.7. The van der Waals surface area contributed by atoms with Gasteiger partial charge in [0.05, 0.1) is 20.3 Å². The van der Waals surface area contributed by atoms with Crippen LogP contribution in [-0.2, 0) is 6.54 Å². The van der Waals surface area contributed by atoms with Crippen LogP contribution in [0.2, 0.25) is 0 Å². The number of urea groups is 1. The van der Waals surface area contributed by atoms with Gasteiger partial charge in [0, 0.05) is 19.2 Å². The Balaban J connectivity index is 0.00000338. The molecule has 1 N–H and O–H groups in total. The van der Waals surface area contributed by atoms with Gasteiger partial charge in [0.2, 0.25) is 0 Å². The van der Waals surface area contributed by atoms with Crippen molar-refractivity contribution in [3.05, 3.63) is 59.2 Å². The van der Waals surface area contributed by atoms with Gasteiger partial charge in [0.1, 0.15) is 11.5 Å². The molecule has 0 saturated carbocycles. The number of aryl methyl sites for hydroxylation is 1.